The SMILES string of the molecule is CC(C)C(=O)NC(C)c1nc(-c2ccncc2)n[nH]1. The molecule has 0 aliphatic rings. The molecule has 6 nitrogen and oxygen atoms in total. The fraction of sp³-hybridized carbons (Fsp3) is 0.385. The number of aromatic nitrogens is 4. The zero-order valence-corrected chi connectivity index (χ0v) is 11.2. The van der Waals surface area contributed by atoms with E-state index < -0.39 is 0 Å². The average Bonchev–Trinajstić information content (AvgIpc) is 2.89. The van der Waals surface area contributed by atoms with Crippen molar-refractivity contribution in [3.63, 3.8) is 0 Å². The third-order valence-electron chi connectivity index (χ3n) is 2.73. The molecule has 19 heavy (non-hydrogen) atoms. The summed E-state index contributed by atoms with van der Waals surface area (Å²) in [6.45, 7) is 5.58. The highest BCUT2D eigenvalue weighted by molar-refractivity contribution is 5.78. The molecule has 1 unspecified atom stereocenters. The Morgan fingerprint density at radius 2 is 1.95 bits per heavy atom. The minimum absolute atomic E-state index is 0.00522. The Kier molecular flexibility index (Phi) is 3.89. The summed E-state index contributed by atoms with van der Waals surface area (Å²) in [6.07, 6.45) is 3.38. The molecule has 1 amide bonds. The minimum Gasteiger partial charge on any atom is -0.346 e. The van der Waals surface area contributed by atoms with Crippen LogP contribution in [0.25, 0.3) is 11.4 Å². The highest BCUT2D eigenvalue weighted by Crippen LogP contribution is 2.15. The standard InChI is InChI=1S/C13H17N5O/c1-8(2)13(19)15-9(3)11-16-12(18-17-11)10-4-6-14-7-5-10/h4-9H,1-3H3,(H,15,19)(H,16,17,18). The van der Waals surface area contributed by atoms with Crippen molar-refractivity contribution in [2.45, 2.75) is 26.8 Å². The molecule has 2 N–H and O–H groups in total. The summed E-state index contributed by atoms with van der Waals surface area (Å²) in [5.41, 5.74) is 0.889. The second kappa shape index (κ2) is 5.60. The van der Waals surface area contributed by atoms with Crippen molar-refractivity contribution in [3.05, 3.63) is 30.4 Å². The zero-order valence-electron chi connectivity index (χ0n) is 11.2. The van der Waals surface area contributed by atoms with E-state index in [1.807, 2.05) is 32.9 Å². The van der Waals surface area contributed by atoms with Gasteiger partial charge in [0.25, 0.3) is 0 Å². The van der Waals surface area contributed by atoms with Gasteiger partial charge in [-0.25, -0.2) is 4.98 Å². The molecule has 6 heteroatoms. The van der Waals surface area contributed by atoms with Crippen LogP contribution in [0.3, 0.4) is 0 Å². The Labute approximate surface area is 111 Å². The van der Waals surface area contributed by atoms with Gasteiger partial charge < -0.3 is 5.32 Å². The molecule has 2 aromatic heterocycles. The molecule has 0 aromatic carbocycles. The quantitative estimate of drug-likeness (QED) is 0.875. The molecule has 2 heterocycles. The lowest BCUT2D eigenvalue weighted by molar-refractivity contribution is -0.124. The summed E-state index contributed by atoms with van der Waals surface area (Å²) >= 11 is 0. The van der Waals surface area contributed by atoms with Crippen molar-refractivity contribution >= 4 is 5.91 Å². The maximum Gasteiger partial charge on any atom is 0.223 e. The van der Waals surface area contributed by atoms with Gasteiger partial charge in [-0.2, -0.15) is 5.10 Å². The molecule has 1 atom stereocenters. The number of nitrogens with one attached hydrogen (secondary N) is 2. The Bertz CT molecular complexity index is 549. The van der Waals surface area contributed by atoms with E-state index in [1.54, 1.807) is 12.4 Å². The van der Waals surface area contributed by atoms with Crippen molar-refractivity contribution < 1.29 is 4.79 Å². The maximum absolute atomic E-state index is 11.6. The van der Waals surface area contributed by atoms with E-state index in [0.717, 1.165) is 5.56 Å². The van der Waals surface area contributed by atoms with Crippen LogP contribution in [0.5, 0.6) is 0 Å². The number of H-pyrrole nitrogens is 1. The maximum atomic E-state index is 11.6. The predicted octanol–water partition coefficient (Wildman–Crippen LogP) is 1.70. The van der Waals surface area contributed by atoms with Gasteiger partial charge in [-0.1, -0.05) is 13.8 Å². The van der Waals surface area contributed by atoms with Crippen LogP contribution in [-0.2, 0) is 4.79 Å². The Balaban J connectivity index is 2.11. The fourth-order valence-corrected chi connectivity index (χ4v) is 1.55. The highest BCUT2D eigenvalue weighted by Gasteiger charge is 2.16. The van der Waals surface area contributed by atoms with Crippen molar-refractivity contribution in [1.82, 2.24) is 25.5 Å². The van der Waals surface area contributed by atoms with Crippen LogP contribution in [-0.4, -0.2) is 26.1 Å². The second-order valence-corrected chi connectivity index (χ2v) is 4.67. The normalized spacial score (nSPS) is 12.4. The van der Waals surface area contributed by atoms with E-state index in [2.05, 4.69) is 25.5 Å². The average molecular weight is 259 g/mol. The van der Waals surface area contributed by atoms with Crippen LogP contribution in [0.15, 0.2) is 24.5 Å². The van der Waals surface area contributed by atoms with Crippen LogP contribution in [0.2, 0.25) is 0 Å². The van der Waals surface area contributed by atoms with Gasteiger partial charge in [-0.3, -0.25) is 14.9 Å². The Morgan fingerprint density at radius 3 is 2.58 bits per heavy atom. The molecule has 0 saturated heterocycles. The second-order valence-electron chi connectivity index (χ2n) is 4.67. The highest BCUT2D eigenvalue weighted by atomic mass is 16.1. The van der Waals surface area contributed by atoms with Gasteiger partial charge in [0.1, 0.15) is 5.82 Å². The molecule has 100 valence electrons. The smallest absolute Gasteiger partial charge is 0.223 e. The first-order chi connectivity index (χ1) is 9.08. The van der Waals surface area contributed by atoms with Crippen LogP contribution in [0, 0.1) is 5.92 Å². The van der Waals surface area contributed by atoms with Crippen molar-refractivity contribution in [1.29, 1.82) is 0 Å². The number of amides is 1. The van der Waals surface area contributed by atoms with Gasteiger partial charge in [-0.15, -0.1) is 0 Å². The number of pyridine rings is 1. The molecule has 2 rings (SSSR count). The van der Waals surface area contributed by atoms with Crippen molar-refractivity contribution in [2.75, 3.05) is 0 Å². The summed E-state index contributed by atoms with van der Waals surface area (Å²) in [7, 11) is 0. The molecule has 0 aliphatic carbocycles. The van der Waals surface area contributed by atoms with E-state index in [1.165, 1.54) is 0 Å². The molecular formula is C13H17N5O. The van der Waals surface area contributed by atoms with Crippen molar-refractivity contribution in [2.24, 2.45) is 5.92 Å². The van der Waals surface area contributed by atoms with E-state index in [0.29, 0.717) is 11.6 Å². The molecule has 0 bridgehead atoms. The van der Waals surface area contributed by atoms with Gasteiger partial charge in [0.05, 0.1) is 6.04 Å². The summed E-state index contributed by atoms with van der Waals surface area (Å²) < 4.78 is 0. The first-order valence-electron chi connectivity index (χ1n) is 6.21. The molecule has 0 spiro atoms. The summed E-state index contributed by atoms with van der Waals surface area (Å²) in [6, 6.07) is 3.48. The topological polar surface area (TPSA) is 83.6 Å². The first-order valence-corrected chi connectivity index (χ1v) is 6.21. The predicted molar refractivity (Wildman–Crippen MR) is 71.0 cm³/mol. The van der Waals surface area contributed by atoms with Crippen LogP contribution >= 0.6 is 0 Å². The lowest BCUT2D eigenvalue weighted by Crippen LogP contribution is -2.30. The van der Waals surface area contributed by atoms with Gasteiger partial charge in [-0.05, 0) is 19.1 Å². The van der Waals surface area contributed by atoms with E-state index >= 15 is 0 Å². The monoisotopic (exact) mass is 259 g/mol. The van der Waals surface area contributed by atoms with Crippen LogP contribution in [0.4, 0.5) is 0 Å². The minimum atomic E-state index is -0.196. The Morgan fingerprint density at radius 1 is 1.26 bits per heavy atom. The summed E-state index contributed by atoms with van der Waals surface area (Å²) in [5.74, 6) is 1.18. The van der Waals surface area contributed by atoms with E-state index in [-0.39, 0.29) is 17.9 Å². The Hall–Kier alpha value is -2.24. The number of aromatic amines is 1. The molecule has 0 radical (unpaired) electrons. The first kappa shape index (κ1) is 13.2. The molecule has 0 aliphatic heterocycles. The lowest BCUT2D eigenvalue weighted by atomic mass is 10.2. The number of rotatable bonds is 4. The van der Waals surface area contributed by atoms with Crippen molar-refractivity contribution in [3.8, 4) is 11.4 Å². The van der Waals surface area contributed by atoms with E-state index in [4.69, 9.17) is 0 Å². The van der Waals surface area contributed by atoms with Gasteiger partial charge in [0.2, 0.25) is 5.91 Å². The fourth-order valence-electron chi connectivity index (χ4n) is 1.55. The van der Waals surface area contributed by atoms with Crippen LogP contribution < -0.4 is 5.32 Å². The number of carbonyl (C=O) groups excluding carboxylic acids is 1. The van der Waals surface area contributed by atoms with Gasteiger partial charge in [0.15, 0.2) is 5.82 Å². The van der Waals surface area contributed by atoms with Gasteiger partial charge in [0, 0.05) is 23.9 Å². The summed E-state index contributed by atoms with van der Waals surface area (Å²) in [5, 5.41) is 9.87. The van der Waals surface area contributed by atoms with Gasteiger partial charge >= 0.3 is 0 Å². The largest absolute Gasteiger partial charge is 0.346 e. The molecular weight excluding hydrogens is 242 g/mol. The third-order valence-corrected chi connectivity index (χ3v) is 2.73. The van der Waals surface area contributed by atoms with Crippen LogP contribution in [0.1, 0.15) is 32.6 Å². The number of carbonyl (C=O) groups is 1. The molecule has 0 fully saturated rings. The number of hydrogen-bond acceptors (Lipinski definition) is 4. The zero-order chi connectivity index (χ0) is 13.8. The lowest BCUT2D eigenvalue weighted by Gasteiger charge is -2.12. The van der Waals surface area contributed by atoms with E-state index in [9.17, 15) is 4.79 Å². The number of nitrogens with zero attached hydrogens (tertiary/aromatic N) is 3. The number of hydrogen-bond donors (Lipinski definition) is 2. The molecule has 2 aromatic rings. The molecule has 0 saturated carbocycles. The summed E-state index contributed by atoms with van der Waals surface area (Å²) in [4.78, 5) is 20.0. The third kappa shape index (κ3) is 3.15.